The molecule has 6 heteroatoms. The van der Waals surface area contributed by atoms with Gasteiger partial charge in [0, 0.05) is 48.4 Å². The molecule has 2 saturated heterocycles. The van der Waals surface area contributed by atoms with Gasteiger partial charge in [0.1, 0.15) is 5.75 Å². The van der Waals surface area contributed by atoms with E-state index in [-0.39, 0.29) is 11.6 Å². The van der Waals surface area contributed by atoms with Gasteiger partial charge in [0.15, 0.2) is 0 Å². The number of hydrogen-bond donors (Lipinski definition) is 2. The number of fused-ring (bicyclic) bond motifs is 1. The van der Waals surface area contributed by atoms with E-state index in [2.05, 4.69) is 28.9 Å². The minimum absolute atomic E-state index is 0.0621. The molecule has 3 heterocycles. The second-order valence-corrected chi connectivity index (χ2v) is 9.14. The Hall–Kier alpha value is -2.83. The van der Waals surface area contributed by atoms with Crippen molar-refractivity contribution >= 4 is 16.9 Å². The number of carboxylic acid groups (broad SMARTS) is 1. The summed E-state index contributed by atoms with van der Waals surface area (Å²) in [4.78, 5) is 17.2. The van der Waals surface area contributed by atoms with Crippen molar-refractivity contribution < 1.29 is 19.4 Å². The number of nitrogens with zero attached hydrogens (tertiary/aromatic N) is 1. The van der Waals surface area contributed by atoms with Gasteiger partial charge in [-0.3, -0.25) is 4.90 Å². The molecule has 6 nitrogen and oxygen atoms in total. The zero-order valence-electron chi connectivity index (χ0n) is 18.7. The highest BCUT2D eigenvalue weighted by molar-refractivity contribution is 5.88. The normalized spacial score (nSPS) is 23.8. The van der Waals surface area contributed by atoms with Crippen LogP contribution in [0.15, 0.2) is 42.6 Å². The number of aromatic carboxylic acids is 1. The lowest BCUT2D eigenvalue weighted by Crippen LogP contribution is -2.45. The van der Waals surface area contributed by atoms with Crippen LogP contribution in [0, 0.1) is 6.92 Å². The van der Waals surface area contributed by atoms with Crippen LogP contribution in [0.3, 0.4) is 0 Å². The number of aromatic nitrogens is 1. The summed E-state index contributed by atoms with van der Waals surface area (Å²) in [7, 11) is 1.73. The van der Waals surface area contributed by atoms with Gasteiger partial charge < -0.3 is 19.6 Å². The molecule has 0 aliphatic carbocycles. The van der Waals surface area contributed by atoms with Crippen molar-refractivity contribution in [2.24, 2.45) is 0 Å². The first-order chi connectivity index (χ1) is 15.5. The Bertz CT molecular complexity index is 1130. The number of likely N-dealkylation sites (tertiary alicyclic amines) is 1. The molecule has 2 N–H and O–H groups in total. The summed E-state index contributed by atoms with van der Waals surface area (Å²) >= 11 is 0. The number of benzene rings is 2. The third kappa shape index (κ3) is 3.67. The van der Waals surface area contributed by atoms with Crippen LogP contribution in [0.2, 0.25) is 0 Å². The fourth-order valence-electron chi connectivity index (χ4n) is 5.55. The van der Waals surface area contributed by atoms with Gasteiger partial charge in [0.25, 0.3) is 0 Å². The van der Waals surface area contributed by atoms with Gasteiger partial charge in [-0.25, -0.2) is 4.79 Å². The number of nitrogens with one attached hydrogen (secondary N) is 1. The maximum Gasteiger partial charge on any atom is 0.335 e. The Morgan fingerprint density at radius 3 is 2.78 bits per heavy atom. The number of ether oxygens (including phenoxy) is 2. The van der Waals surface area contributed by atoms with Crippen molar-refractivity contribution in [2.75, 3.05) is 20.3 Å². The van der Waals surface area contributed by atoms with E-state index in [1.807, 2.05) is 18.3 Å². The zero-order valence-corrected chi connectivity index (χ0v) is 18.7. The molecular weight excluding hydrogens is 404 g/mol. The monoisotopic (exact) mass is 434 g/mol. The molecule has 32 heavy (non-hydrogen) atoms. The highest BCUT2D eigenvalue weighted by Crippen LogP contribution is 2.45. The van der Waals surface area contributed by atoms with Gasteiger partial charge >= 0.3 is 5.97 Å². The average molecular weight is 435 g/mol. The molecular formula is C26H30N2O4. The molecule has 0 radical (unpaired) electrons. The first-order valence-corrected chi connectivity index (χ1v) is 11.3. The molecule has 3 aromatic rings. The Balaban J connectivity index is 1.52. The predicted molar refractivity (Wildman–Crippen MR) is 123 cm³/mol. The lowest BCUT2D eigenvalue weighted by Gasteiger charge is -2.45. The standard InChI is InChI=1S/C26H30N2O4/c1-17-14-23(31-2)21(20-8-11-27-24(17)20)16-28-12-10-26(9-3-13-32-26)15-22(28)18-4-6-19(7-5-18)25(29)30/h4-8,11,14,22,27H,3,9-10,12-13,15-16H2,1-2H3,(H,29,30)/t22-,26+/m0/s1. The van der Waals surface area contributed by atoms with Gasteiger partial charge in [-0.2, -0.15) is 0 Å². The van der Waals surface area contributed by atoms with E-state index in [1.165, 1.54) is 16.5 Å². The Morgan fingerprint density at radius 2 is 2.09 bits per heavy atom. The fourth-order valence-corrected chi connectivity index (χ4v) is 5.55. The maximum atomic E-state index is 11.3. The lowest BCUT2D eigenvalue weighted by molar-refractivity contribution is -0.0676. The summed E-state index contributed by atoms with van der Waals surface area (Å²) in [6.45, 7) is 4.62. The van der Waals surface area contributed by atoms with Crippen LogP contribution in [0.5, 0.6) is 5.75 Å². The van der Waals surface area contributed by atoms with Gasteiger partial charge in [-0.05, 0) is 68.0 Å². The zero-order chi connectivity index (χ0) is 22.3. The Morgan fingerprint density at radius 1 is 1.28 bits per heavy atom. The molecule has 2 aliphatic heterocycles. The van der Waals surface area contributed by atoms with Crippen molar-refractivity contribution in [3.63, 3.8) is 0 Å². The molecule has 0 amide bonds. The predicted octanol–water partition coefficient (Wildman–Crippen LogP) is 5.07. The summed E-state index contributed by atoms with van der Waals surface area (Å²) in [5.74, 6) is 0.0128. The van der Waals surface area contributed by atoms with Crippen LogP contribution in [0.25, 0.3) is 10.9 Å². The number of aromatic amines is 1. The molecule has 2 aliphatic rings. The molecule has 2 fully saturated rings. The molecule has 168 valence electrons. The molecule has 1 aromatic heterocycles. The molecule has 5 rings (SSSR count). The molecule has 0 saturated carbocycles. The number of hydrogen-bond acceptors (Lipinski definition) is 4. The summed E-state index contributed by atoms with van der Waals surface area (Å²) in [5, 5.41) is 10.5. The van der Waals surface area contributed by atoms with Gasteiger partial charge in [-0.15, -0.1) is 0 Å². The van der Waals surface area contributed by atoms with Crippen molar-refractivity contribution in [2.45, 2.75) is 50.8 Å². The smallest absolute Gasteiger partial charge is 0.335 e. The van der Waals surface area contributed by atoms with Crippen molar-refractivity contribution in [1.82, 2.24) is 9.88 Å². The summed E-state index contributed by atoms with van der Waals surface area (Å²) in [5.41, 5.74) is 4.90. The highest BCUT2D eigenvalue weighted by atomic mass is 16.5. The third-order valence-electron chi connectivity index (χ3n) is 7.28. The van der Waals surface area contributed by atoms with Gasteiger partial charge in [-0.1, -0.05) is 12.1 Å². The molecule has 0 unspecified atom stereocenters. The molecule has 2 aromatic carbocycles. The van der Waals surface area contributed by atoms with Crippen LogP contribution in [0.1, 0.15) is 58.8 Å². The van der Waals surface area contributed by atoms with Gasteiger partial charge in [0.05, 0.1) is 18.3 Å². The maximum absolute atomic E-state index is 11.3. The van der Waals surface area contributed by atoms with Crippen molar-refractivity contribution in [1.29, 1.82) is 0 Å². The van der Waals surface area contributed by atoms with Crippen molar-refractivity contribution in [3.8, 4) is 5.75 Å². The minimum atomic E-state index is -0.896. The number of piperidine rings is 1. The van der Waals surface area contributed by atoms with Crippen LogP contribution in [-0.4, -0.2) is 46.8 Å². The Labute approximate surface area is 188 Å². The van der Waals surface area contributed by atoms with Crippen LogP contribution in [-0.2, 0) is 11.3 Å². The number of H-pyrrole nitrogens is 1. The minimum Gasteiger partial charge on any atom is -0.496 e. The first kappa shape index (κ1) is 21.0. The lowest BCUT2D eigenvalue weighted by atomic mass is 9.81. The molecule has 2 atom stereocenters. The average Bonchev–Trinajstić information content (AvgIpc) is 3.47. The fraction of sp³-hybridized carbons (Fsp3) is 0.423. The molecule has 0 bridgehead atoms. The number of methoxy groups -OCH3 is 1. The van der Waals surface area contributed by atoms with E-state index in [4.69, 9.17) is 9.47 Å². The van der Waals surface area contributed by atoms with Crippen LogP contribution < -0.4 is 4.74 Å². The van der Waals surface area contributed by atoms with E-state index < -0.39 is 5.97 Å². The number of carboxylic acids is 1. The SMILES string of the molecule is COc1cc(C)c2[nH]ccc2c1CN1CC[C@]2(CCCO2)C[C@H]1c1ccc(C(=O)O)cc1. The van der Waals surface area contributed by atoms with Crippen LogP contribution >= 0.6 is 0 Å². The van der Waals surface area contributed by atoms with Crippen LogP contribution in [0.4, 0.5) is 0 Å². The van der Waals surface area contributed by atoms with E-state index in [1.54, 1.807) is 19.2 Å². The van der Waals surface area contributed by atoms with E-state index in [9.17, 15) is 9.90 Å². The second kappa shape index (κ2) is 8.26. The highest BCUT2D eigenvalue weighted by Gasteiger charge is 2.43. The quantitative estimate of drug-likeness (QED) is 0.586. The van der Waals surface area contributed by atoms with E-state index >= 15 is 0 Å². The Kier molecular flexibility index (Phi) is 5.43. The molecule has 1 spiro atoms. The van der Waals surface area contributed by atoms with Crippen molar-refractivity contribution in [3.05, 3.63) is 64.8 Å². The topological polar surface area (TPSA) is 74.8 Å². The number of carbonyl (C=O) groups is 1. The first-order valence-electron chi connectivity index (χ1n) is 11.3. The van der Waals surface area contributed by atoms with E-state index in [0.717, 1.165) is 62.2 Å². The third-order valence-corrected chi connectivity index (χ3v) is 7.28. The summed E-state index contributed by atoms with van der Waals surface area (Å²) in [6.07, 6.45) is 6.13. The number of rotatable bonds is 5. The second-order valence-electron chi connectivity index (χ2n) is 9.14. The summed E-state index contributed by atoms with van der Waals surface area (Å²) < 4.78 is 12.1. The summed E-state index contributed by atoms with van der Waals surface area (Å²) in [6, 6.07) is 11.7. The van der Waals surface area contributed by atoms with E-state index in [0.29, 0.717) is 5.56 Å². The van der Waals surface area contributed by atoms with Gasteiger partial charge in [0.2, 0.25) is 0 Å². The number of aryl methyl sites for hydroxylation is 1. The largest absolute Gasteiger partial charge is 0.496 e.